The van der Waals surface area contributed by atoms with Gasteiger partial charge in [0.15, 0.2) is 22.6 Å². The molecule has 6 N–H and O–H groups in total. The Balaban J connectivity index is 0.902. The summed E-state index contributed by atoms with van der Waals surface area (Å²) < 4.78 is 3.91. The van der Waals surface area contributed by atoms with E-state index < -0.39 is 52.1 Å². The summed E-state index contributed by atoms with van der Waals surface area (Å²) in [7, 11) is 0. The third-order valence-electron chi connectivity index (χ3n) is 13.5. The van der Waals surface area contributed by atoms with Crippen molar-refractivity contribution in [1.82, 2.24) is 24.6 Å². The zero-order valence-electron chi connectivity index (χ0n) is 41.9. The lowest BCUT2D eigenvalue weighted by molar-refractivity contribution is -0.150. The molecule has 0 saturated carbocycles. The molecule has 0 spiro atoms. The van der Waals surface area contributed by atoms with Gasteiger partial charge in [-0.2, -0.15) is 4.37 Å². The van der Waals surface area contributed by atoms with Crippen LogP contribution in [0.1, 0.15) is 55.1 Å². The molecule has 6 aromatic carbocycles. The lowest BCUT2D eigenvalue weighted by atomic mass is 9.77. The number of carbonyl (C=O) groups excluding carboxylic acids is 2. The van der Waals surface area contributed by atoms with Gasteiger partial charge in [-0.25, -0.2) is 19.6 Å². The summed E-state index contributed by atoms with van der Waals surface area (Å²) in [6.07, 6.45) is 0. The highest BCUT2D eigenvalue weighted by Gasteiger charge is 2.54. The topological polar surface area (TPSA) is 229 Å². The van der Waals surface area contributed by atoms with Gasteiger partial charge < -0.3 is 36.1 Å². The molecule has 2 amide bonds. The van der Waals surface area contributed by atoms with Crippen LogP contribution in [0.5, 0.6) is 5.88 Å². The van der Waals surface area contributed by atoms with Gasteiger partial charge in [-0.15, -0.1) is 46.2 Å². The largest absolute Gasteiger partial charge is 0.492 e. The van der Waals surface area contributed by atoms with E-state index in [2.05, 4.69) is 61.9 Å². The molecular formula is C59H46N8O8S5. The van der Waals surface area contributed by atoms with Gasteiger partial charge in [-0.1, -0.05) is 187 Å². The maximum atomic E-state index is 14.8. The van der Waals surface area contributed by atoms with Crippen LogP contribution in [0.2, 0.25) is 0 Å². The van der Waals surface area contributed by atoms with E-state index >= 15 is 0 Å². The molecule has 1 saturated heterocycles. The lowest BCUT2D eigenvalue weighted by Gasteiger charge is -2.49. The number of aromatic nitrogens is 3. The number of rotatable bonds is 21. The molecule has 2 atom stereocenters. The van der Waals surface area contributed by atoms with Gasteiger partial charge in [-0.3, -0.25) is 14.5 Å². The molecule has 1 fully saturated rings. The fraction of sp³-hybridized carbons (Fsp3) is 0.119. The molecule has 2 aliphatic heterocycles. The summed E-state index contributed by atoms with van der Waals surface area (Å²) in [5, 5.41) is 48.6. The number of amides is 2. The van der Waals surface area contributed by atoms with Crippen molar-refractivity contribution in [3.8, 4) is 5.88 Å². The first-order valence-electron chi connectivity index (χ1n) is 24.8. The third-order valence-corrected chi connectivity index (χ3v) is 18.6. The van der Waals surface area contributed by atoms with E-state index in [-0.39, 0.29) is 45.0 Å². The van der Waals surface area contributed by atoms with Crippen molar-refractivity contribution in [3.63, 3.8) is 0 Å². The highest BCUT2D eigenvalue weighted by molar-refractivity contribution is 8.02. The first kappa shape index (κ1) is 53.4. The number of thiazole rings is 2. The van der Waals surface area contributed by atoms with Crippen LogP contribution in [0.3, 0.4) is 0 Å². The summed E-state index contributed by atoms with van der Waals surface area (Å²) >= 11 is 5.65. The number of carboxylic acid groups (broad SMARTS) is 2. The van der Waals surface area contributed by atoms with Gasteiger partial charge in [0.2, 0.25) is 5.88 Å². The van der Waals surface area contributed by atoms with Gasteiger partial charge in [0.25, 0.3) is 11.8 Å². The molecule has 0 bridgehead atoms. The van der Waals surface area contributed by atoms with Crippen LogP contribution in [0.15, 0.2) is 213 Å². The summed E-state index contributed by atoms with van der Waals surface area (Å²) in [5.41, 5.74) is 4.08. The minimum atomic E-state index is -1.38. The number of fused-ring (bicyclic) bond motifs is 1. The Labute approximate surface area is 479 Å². The Morgan fingerprint density at radius 1 is 0.662 bits per heavy atom. The van der Waals surface area contributed by atoms with Gasteiger partial charge in [0.1, 0.15) is 39.4 Å². The highest BCUT2D eigenvalue weighted by atomic mass is 32.2. The van der Waals surface area contributed by atoms with E-state index in [0.29, 0.717) is 21.5 Å². The number of hydrogen-bond acceptors (Lipinski definition) is 17. The molecule has 16 nitrogen and oxygen atoms in total. The summed E-state index contributed by atoms with van der Waals surface area (Å²) in [6, 6.07) is 59.2. The molecular weight excluding hydrogens is 1110 g/mol. The van der Waals surface area contributed by atoms with Crippen LogP contribution >= 0.6 is 57.7 Å². The molecule has 0 radical (unpaired) electrons. The monoisotopic (exact) mass is 1150 g/mol. The minimum absolute atomic E-state index is 0.00298. The molecule has 3 aromatic heterocycles. The van der Waals surface area contributed by atoms with Crippen LogP contribution in [0, 0.1) is 0 Å². The maximum absolute atomic E-state index is 14.8. The number of thioether (sulfide) groups is 2. The van der Waals surface area contributed by atoms with Crippen molar-refractivity contribution in [2.24, 2.45) is 5.16 Å². The number of nitrogens with zero attached hydrogens (tertiary/aromatic N) is 5. The summed E-state index contributed by atoms with van der Waals surface area (Å²) in [4.78, 5) is 70.6. The van der Waals surface area contributed by atoms with E-state index in [1.54, 1.807) is 5.38 Å². The van der Waals surface area contributed by atoms with Crippen LogP contribution in [-0.4, -0.2) is 86.9 Å². The first-order valence-corrected chi connectivity index (χ1v) is 29.4. The van der Waals surface area contributed by atoms with E-state index in [4.69, 9.17) is 14.8 Å². The molecule has 11 rings (SSSR count). The minimum Gasteiger partial charge on any atom is -0.492 e. The van der Waals surface area contributed by atoms with Crippen molar-refractivity contribution in [2.75, 3.05) is 22.1 Å². The van der Waals surface area contributed by atoms with E-state index in [9.17, 15) is 34.5 Å². The normalized spacial score (nSPS) is 15.4. The predicted molar refractivity (Wildman–Crippen MR) is 312 cm³/mol. The summed E-state index contributed by atoms with van der Waals surface area (Å²) in [6.45, 7) is -0.157. The smallest absolute Gasteiger partial charge is 0.352 e. The number of aromatic carboxylic acids is 1. The number of aromatic hydroxyl groups is 1. The fourth-order valence-corrected chi connectivity index (χ4v) is 14.7. The molecule has 2 aliphatic rings. The number of nitrogens with one attached hydrogen (secondary N) is 3. The van der Waals surface area contributed by atoms with Crippen molar-refractivity contribution >= 4 is 97.5 Å². The second kappa shape index (κ2) is 23.4. The lowest BCUT2D eigenvalue weighted by Crippen LogP contribution is -2.71. The molecule has 400 valence electrons. The number of oxime groups is 1. The first-order chi connectivity index (χ1) is 39.0. The number of aliphatic carboxylic acids is 1. The second-order valence-corrected chi connectivity index (χ2v) is 23.1. The zero-order chi connectivity index (χ0) is 55.2. The molecule has 1 unspecified atom stereocenters. The Hall–Kier alpha value is -8.60. The number of anilines is 2. The van der Waals surface area contributed by atoms with Gasteiger partial charge in [0, 0.05) is 22.3 Å². The second-order valence-electron chi connectivity index (χ2n) is 18.2. The molecule has 9 aromatic rings. The standard InChI is InChI=1S/C59H46N8O8S5/c68-49-45(53(71)72)55(80-66-49)77-33-36-32-76-52-47(51(70)67(52)48(36)54(73)74)62-50(69)46(44-35-79-57(61-44)64-59(40-25-13-4-14-26-40,41-27-15-5-16-28-41)42-29-17-6-18-30-42)65-75-31-43-34-78-56(60-43)63-58(37-19-7-1-8-20-37,38-21-9-2-10-22-38)39-23-11-3-12-24-39/h1-30,34-35,47,52H,31-33H2,(H,60,63)(H,61,64)(H,62,69)(H,66,68)(H,71,72)(H,73,74)/b65-46-/t47?,52-/m1/s1. The number of benzene rings is 6. The van der Waals surface area contributed by atoms with Gasteiger partial charge in [-0.05, 0) is 50.5 Å². The van der Waals surface area contributed by atoms with Gasteiger partial charge >= 0.3 is 11.9 Å². The van der Waals surface area contributed by atoms with Crippen LogP contribution < -0.4 is 16.0 Å². The Bertz CT molecular complexity index is 3560. The average Bonchev–Trinajstić information content (AvgIpc) is 4.31. The maximum Gasteiger partial charge on any atom is 0.352 e. The van der Waals surface area contributed by atoms with Crippen LogP contribution in [0.4, 0.5) is 10.3 Å². The SMILES string of the molecule is O=C(O)C1=C(CSc2snc(O)c2C(=O)O)CS[C@@H]2C(NC(=O)/C(=N\OCc3csc(NC(c4ccccc4)(c4ccccc4)c4ccccc4)n3)c3csc(NC(c4ccccc4)(c4ccccc4)c4ccccc4)n3)C(=O)N12. The molecule has 80 heavy (non-hydrogen) atoms. The highest BCUT2D eigenvalue weighted by Crippen LogP contribution is 2.45. The van der Waals surface area contributed by atoms with Crippen molar-refractivity contribution in [1.29, 1.82) is 0 Å². The Kier molecular flexibility index (Phi) is 15.6. The molecule has 0 aliphatic carbocycles. The van der Waals surface area contributed by atoms with E-state index in [1.807, 2.05) is 151 Å². The quantitative estimate of drug-likeness (QED) is 0.0129. The van der Waals surface area contributed by atoms with Crippen molar-refractivity contribution in [2.45, 2.75) is 33.3 Å². The van der Waals surface area contributed by atoms with Crippen molar-refractivity contribution < 1.29 is 39.3 Å². The third kappa shape index (κ3) is 10.4. The van der Waals surface area contributed by atoms with E-state index in [1.165, 1.54) is 34.4 Å². The average molecular weight is 1160 g/mol. The number of carboxylic acids is 2. The zero-order valence-corrected chi connectivity index (χ0v) is 46.0. The van der Waals surface area contributed by atoms with Crippen LogP contribution in [-0.2, 0) is 36.9 Å². The molecule has 5 heterocycles. The predicted octanol–water partition coefficient (Wildman–Crippen LogP) is 10.7. The molecule has 21 heteroatoms. The number of hydrogen-bond donors (Lipinski definition) is 6. The fourth-order valence-electron chi connectivity index (χ4n) is 9.83. The number of β-lactam (4-membered cyclic amide) rings is 1. The Morgan fingerprint density at radius 3 is 1.59 bits per heavy atom. The van der Waals surface area contributed by atoms with Crippen LogP contribution in [0.25, 0.3) is 0 Å². The van der Waals surface area contributed by atoms with Crippen molar-refractivity contribution in [3.05, 3.63) is 254 Å². The Morgan fingerprint density at radius 2 is 1.12 bits per heavy atom. The summed E-state index contributed by atoms with van der Waals surface area (Å²) in [5.74, 6) is -4.70. The number of carbonyl (C=O) groups is 4. The van der Waals surface area contributed by atoms with Gasteiger partial charge in [0.05, 0.1) is 9.90 Å². The van der Waals surface area contributed by atoms with E-state index in [0.717, 1.165) is 61.6 Å².